The first-order valence-corrected chi connectivity index (χ1v) is 10.9. The molecule has 9 nitrogen and oxygen atoms in total. The maximum atomic E-state index is 12.7. The largest absolute Gasteiger partial charge is 0.481 e. The van der Waals surface area contributed by atoms with Gasteiger partial charge in [0.05, 0.1) is 6.04 Å². The summed E-state index contributed by atoms with van der Waals surface area (Å²) < 4.78 is 0. The van der Waals surface area contributed by atoms with Crippen LogP contribution in [-0.2, 0) is 25.6 Å². The molecule has 2 aromatic carbocycles. The zero-order valence-corrected chi connectivity index (χ0v) is 18.8. The van der Waals surface area contributed by atoms with Gasteiger partial charge in [0.25, 0.3) is 0 Å². The molecule has 0 unspecified atom stereocenters. The summed E-state index contributed by atoms with van der Waals surface area (Å²) in [6.45, 7) is 3.72. The lowest BCUT2D eigenvalue weighted by molar-refractivity contribution is -0.143. The van der Waals surface area contributed by atoms with Crippen LogP contribution in [0.4, 0.5) is 0 Å². The molecule has 0 aliphatic carbocycles. The molecule has 2 amide bonds. The molecule has 0 saturated heterocycles. The monoisotopic (exact) mass is 457 g/mol. The number of carbonyl (C=O) groups is 4. The third-order valence-corrected chi connectivity index (χ3v) is 5.21. The minimum atomic E-state index is -1.37. The van der Waals surface area contributed by atoms with Crippen molar-refractivity contribution in [2.24, 2.45) is 11.7 Å². The molecule has 6 N–H and O–H groups in total. The van der Waals surface area contributed by atoms with Gasteiger partial charge < -0.3 is 26.6 Å². The Hall–Kier alpha value is -3.46. The summed E-state index contributed by atoms with van der Waals surface area (Å²) in [6.07, 6.45) is -0.135. The maximum Gasteiger partial charge on any atom is 0.326 e. The Balaban J connectivity index is 2.05. The van der Waals surface area contributed by atoms with Gasteiger partial charge in [0, 0.05) is 6.42 Å². The number of nitrogens with one attached hydrogen (secondary N) is 2. The molecule has 0 aliphatic heterocycles. The molecule has 0 heterocycles. The zero-order valence-electron chi connectivity index (χ0n) is 18.8. The highest BCUT2D eigenvalue weighted by Gasteiger charge is 2.28. The predicted molar refractivity (Wildman–Crippen MR) is 123 cm³/mol. The number of aliphatic carboxylic acids is 2. The maximum absolute atomic E-state index is 12.7. The number of amides is 2. The van der Waals surface area contributed by atoms with E-state index in [1.165, 1.54) is 0 Å². The number of hydrogen-bond acceptors (Lipinski definition) is 5. The van der Waals surface area contributed by atoms with Gasteiger partial charge in [-0.25, -0.2) is 4.79 Å². The summed E-state index contributed by atoms with van der Waals surface area (Å²) in [4.78, 5) is 47.6. The van der Waals surface area contributed by atoms with Crippen LogP contribution in [0.2, 0.25) is 0 Å². The van der Waals surface area contributed by atoms with E-state index < -0.39 is 48.3 Å². The topological polar surface area (TPSA) is 159 Å². The van der Waals surface area contributed by atoms with Crippen LogP contribution in [-0.4, -0.2) is 52.1 Å². The van der Waals surface area contributed by atoms with Gasteiger partial charge in [-0.1, -0.05) is 56.3 Å². The summed E-state index contributed by atoms with van der Waals surface area (Å²) in [5, 5.41) is 25.1. The molecular weight excluding hydrogens is 426 g/mol. The number of carboxylic acids is 2. The summed E-state index contributed by atoms with van der Waals surface area (Å²) >= 11 is 0. The smallest absolute Gasteiger partial charge is 0.326 e. The van der Waals surface area contributed by atoms with Crippen molar-refractivity contribution in [2.45, 2.75) is 57.7 Å². The molecule has 3 atom stereocenters. The Morgan fingerprint density at radius 3 is 2.15 bits per heavy atom. The summed E-state index contributed by atoms with van der Waals surface area (Å²) in [6, 6.07) is 10.4. The van der Waals surface area contributed by atoms with Gasteiger partial charge in [-0.15, -0.1) is 0 Å². The van der Waals surface area contributed by atoms with Gasteiger partial charge in [-0.05, 0) is 41.5 Å². The average molecular weight is 458 g/mol. The first kappa shape index (κ1) is 25.8. The second kappa shape index (κ2) is 12.0. The molecule has 33 heavy (non-hydrogen) atoms. The lowest BCUT2D eigenvalue weighted by Crippen LogP contribution is -2.55. The van der Waals surface area contributed by atoms with Crippen molar-refractivity contribution in [1.82, 2.24) is 10.6 Å². The molecule has 0 spiro atoms. The summed E-state index contributed by atoms with van der Waals surface area (Å²) in [5.41, 5.74) is 6.98. The van der Waals surface area contributed by atoms with E-state index in [0.29, 0.717) is 0 Å². The van der Waals surface area contributed by atoms with Crippen LogP contribution in [0.5, 0.6) is 0 Å². The van der Waals surface area contributed by atoms with Crippen molar-refractivity contribution in [1.29, 1.82) is 0 Å². The fourth-order valence-electron chi connectivity index (χ4n) is 3.49. The molecule has 0 saturated carbocycles. The predicted octanol–water partition coefficient (Wildman–Crippen LogP) is 1.67. The van der Waals surface area contributed by atoms with Crippen molar-refractivity contribution in [3.8, 4) is 0 Å². The van der Waals surface area contributed by atoms with Crippen LogP contribution in [0.1, 0.15) is 38.7 Å². The molecule has 2 aromatic rings. The first-order valence-electron chi connectivity index (χ1n) is 10.9. The number of rotatable bonds is 12. The zero-order chi connectivity index (χ0) is 24.5. The number of carbonyl (C=O) groups excluding carboxylic acids is 2. The second-order valence-electron chi connectivity index (χ2n) is 8.51. The fraction of sp³-hybridized carbons (Fsp3) is 0.417. The Labute approximate surface area is 192 Å². The molecule has 9 heteroatoms. The van der Waals surface area contributed by atoms with Gasteiger partial charge in [0.1, 0.15) is 12.1 Å². The number of carboxylic acid groups (broad SMARTS) is 2. The highest BCUT2D eigenvalue weighted by Crippen LogP contribution is 2.16. The van der Waals surface area contributed by atoms with Crippen LogP contribution in [0.25, 0.3) is 10.8 Å². The molecular formula is C24H31N3O6. The average Bonchev–Trinajstić information content (AvgIpc) is 2.75. The number of nitrogens with two attached hydrogens (primary N) is 1. The van der Waals surface area contributed by atoms with Crippen LogP contribution in [0, 0.1) is 5.92 Å². The van der Waals surface area contributed by atoms with E-state index in [1.54, 1.807) is 0 Å². The van der Waals surface area contributed by atoms with E-state index in [2.05, 4.69) is 10.6 Å². The van der Waals surface area contributed by atoms with Gasteiger partial charge in [0.2, 0.25) is 11.8 Å². The van der Waals surface area contributed by atoms with Crippen LogP contribution in [0.15, 0.2) is 42.5 Å². The Morgan fingerprint density at radius 1 is 0.909 bits per heavy atom. The lowest BCUT2D eigenvalue weighted by atomic mass is 9.99. The highest BCUT2D eigenvalue weighted by atomic mass is 16.4. The fourth-order valence-corrected chi connectivity index (χ4v) is 3.49. The first-order chi connectivity index (χ1) is 15.6. The Kier molecular flexibility index (Phi) is 9.35. The van der Waals surface area contributed by atoms with Crippen molar-refractivity contribution in [3.63, 3.8) is 0 Å². The van der Waals surface area contributed by atoms with E-state index in [-0.39, 0.29) is 25.2 Å². The molecule has 0 fully saturated rings. The van der Waals surface area contributed by atoms with Gasteiger partial charge in [0.15, 0.2) is 0 Å². The van der Waals surface area contributed by atoms with E-state index in [1.807, 2.05) is 56.3 Å². The molecule has 0 aliphatic rings. The summed E-state index contributed by atoms with van der Waals surface area (Å²) in [7, 11) is 0. The van der Waals surface area contributed by atoms with Crippen molar-refractivity contribution < 1.29 is 29.4 Å². The second-order valence-corrected chi connectivity index (χ2v) is 8.51. The molecule has 0 bridgehead atoms. The Bertz CT molecular complexity index is 1010. The molecule has 0 radical (unpaired) electrons. The minimum absolute atomic E-state index is 0.0278. The number of benzene rings is 2. The van der Waals surface area contributed by atoms with Crippen molar-refractivity contribution in [2.75, 3.05) is 0 Å². The Morgan fingerprint density at radius 2 is 1.55 bits per heavy atom. The quantitative estimate of drug-likeness (QED) is 0.324. The molecule has 178 valence electrons. The standard InChI is InChI=1S/C24H31N3O6/c1-14(2)11-20(23(31)26-19(24(32)33)9-10-21(28)29)27-22(30)18(25)13-15-7-8-16-5-3-4-6-17(16)12-15/h3-8,12,14,18-20H,9-11,13,25H2,1-2H3,(H,26,31)(H,27,30)(H,28,29)(H,32,33)/t18-,19+,20+/m0/s1. The SMILES string of the molecule is CC(C)C[C@@H](NC(=O)[C@@H](N)Cc1ccc2ccccc2c1)C(=O)N[C@H](CCC(=O)O)C(=O)O. The molecule has 0 aromatic heterocycles. The van der Waals surface area contributed by atoms with E-state index in [0.717, 1.165) is 16.3 Å². The third-order valence-electron chi connectivity index (χ3n) is 5.21. The van der Waals surface area contributed by atoms with Crippen molar-refractivity contribution >= 4 is 34.5 Å². The number of fused-ring (bicyclic) bond motifs is 1. The van der Waals surface area contributed by atoms with Gasteiger partial charge in [-0.3, -0.25) is 14.4 Å². The summed E-state index contributed by atoms with van der Waals surface area (Å²) in [5.74, 6) is -3.69. The minimum Gasteiger partial charge on any atom is -0.481 e. The normalized spacial score (nSPS) is 13.8. The van der Waals surface area contributed by atoms with E-state index in [9.17, 15) is 24.3 Å². The van der Waals surface area contributed by atoms with Crippen LogP contribution < -0.4 is 16.4 Å². The van der Waals surface area contributed by atoms with E-state index in [4.69, 9.17) is 10.8 Å². The number of hydrogen-bond donors (Lipinski definition) is 5. The van der Waals surface area contributed by atoms with Crippen molar-refractivity contribution in [3.05, 3.63) is 48.0 Å². The third kappa shape index (κ3) is 8.19. The van der Waals surface area contributed by atoms with Gasteiger partial charge in [-0.2, -0.15) is 0 Å². The highest BCUT2D eigenvalue weighted by molar-refractivity contribution is 5.92. The van der Waals surface area contributed by atoms with Gasteiger partial charge >= 0.3 is 11.9 Å². The lowest BCUT2D eigenvalue weighted by Gasteiger charge is -2.24. The van der Waals surface area contributed by atoms with E-state index >= 15 is 0 Å². The van der Waals surface area contributed by atoms with Crippen LogP contribution >= 0.6 is 0 Å². The molecule has 2 rings (SSSR count). The van der Waals surface area contributed by atoms with Crippen LogP contribution in [0.3, 0.4) is 0 Å².